The molecule has 5 heteroatoms. The van der Waals surface area contributed by atoms with Crippen molar-refractivity contribution in [3.63, 3.8) is 0 Å². The summed E-state index contributed by atoms with van der Waals surface area (Å²) in [6, 6.07) is 0. The zero-order valence-corrected chi connectivity index (χ0v) is 8.69. The second-order valence-electron chi connectivity index (χ2n) is 3.86. The molecule has 0 saturated carbocycles. The monoisotopic (exact) mass is 215 g/mol. The molecule has 5 nitrogen and oxygen atoms in total. The van der Waals surface area contributed by atoms with Gasteiger partial charge in [0.15, 0.2) is 0 Å². The van der Waals surface area contributed by atoms with E-state index in [4.69, 9.17) is 5.11 Å². The molecule has 0 aliphatic carbocycles. The lowest BCUT2D eigenvalue weighted by molar-refractivity contribution is -0.137. The van der Waals surface area contributed by atoms with E-state index in [1.807, 2.05) is 0 Å². The number of aliphatic hydroxyl groups excluding tert-OH is 1. The summed E-state index contributed by atoms with van der Waals surface area (Å²) < 4.78 is 0. The average Bonchev–Trinajstić information content (AvgIpc) is 2.18. The molecule has 0 unspecified atom stereocenters. The van der Waals surface area contributed by atoms with Crippen molar-refractivity contribution in [1.82, 2.24) is 4.90 Å². The molecule has 1 aliphatic rings. The van der Waals surface area contributed by atoms with Crippen molar-refractivity contribution in [2.45, 2.75) is 38.2 Å². The van der Waals surface area contributed by atoms with Gasteiger partial charge in [-0.05, 0) is 19.3 Å². The zero-order valence-electron chi connectivity index (χ0n) is 8.69. The number of carboxylic acid groups (broad SMARTS) is 1. The van der Waals surface area contributed by atoms with Crippen LogP contribution in [0, 0.1) is 0 Å². The molecular weight excluding hydrogens is 198 g/mol. The SMILES string of the molecule is O=C(O)CCCC(=O)N1CCC(O)CC1. The van der Waals surface area contributed by atoms with Crippen LogP contribution in [0.25, 0.3) is 0 Å². The van der Waals surface area contributed by atoms with E-state index < -0.39 is 5.97 Å². The molecule has 0 atom stereocenters. The van der Waals surface area contributed by atoms with Crippen molar-refractivity contribution in [2.24, 2.45) is 0 Å². The number of hydrogen-bond donors (Lipinski definition) is 2. The van der Waals surface area contributed by atoms with Gasteiger partial charge in [0.05, 0.1) is 6.10 Å². The van der Waals surface area contributed by atoms with Gasteiger partial charge in [-0.3, -0.25) is 9.59 Å². The number of nitrogens with zero attached hydrogens (tertiary/aromatic N) is 1. The van der Waals surface area contributed by atoms with Gasteiger partial charge < -0.3 is 15.1 Å². The number of carbonyl (C=O) groups excluding carboxylic acids is 1. The van der Waals surface area contributed by atoms with Gasteiger partial charge in [-0.1, -0.05) is 0 Å². The summed E-state index contributed by atoms with van der Waals surface area (Å²) in [6.07, 6.45) is 1.71. The maximum atomic E-state index is 11.5. The minimum atomic E-state index is -0.864. The summed E-state index contributed by atoms with van der Waals surface area (Å²) in [7, 11) is 0. The van der Waals surface area contributed by atoms with Gasteiger partial charge in [0.25, 0.3) is 0 Å². The molecular formula is C10H17NO4. The number of aliphatic hydroxyl groups is 1. The first kappa shape index (κ1) is 12.0. The van der Waals surface area contributed by atoms with E-state index in [9.17, 15) is 14.7 Å². The van der Waals surface area contributed by atoms with Gasteiger partial charge in [0, 0.05) is 25.9 Å². The quantitative estimate of drug-likeness (QED) is 0.703. The minimum Gasteiger partial charge on any atom is -0.481 e. The first-order valence-corrected chi connectivity index (χ1v) is 5.27. The standard InChI is InChI=1S/C10H17NO4/c12-8-4-6-11(7-5-8)9(13)2-1-3-10(14)15/h8,12H,1-7H2,(H,14,15). The molecule has 1 amide bonds. The maximum Gasteiger partial charge on any atom is 0.303 e. The van der Waals surface area contributed by atoms with Gasteiger partial charge in [0.1, 0.15) is 0 Å². The van der Waals surface area contributed by atoms with Crippen molar-refractivity contribution >= 4 is 11.9 Å². The van der Waals surface area contributed by atoms with Gasteiger partial charge in [-0.2, -0.15) is 0 Å². The Balaban J connectivity index is 2.19. The first-order valence-electron chi connectivity index (χ1n) is 5.27. The number of carbonyl (C=O) groups is 2. The molecule has 1 fully saturated rings. The van der Waals surface area contributed by atoms with Gasteiger partial charge in [-0.25, -0.2) is 0 Å². The Morgan fingerprint density at radius 2 is 1.80 bits per heavy atom. The molecule has 0 aromatic heterocycles. The summed E-state index contributed by atoms with van der Waals surface area (Å²) in [4.78, 5) is 23.5. The lowest BCUT2D eigenvalue weighted by atomic mass is 10.1. The number of carboxylic acids is 1. The van der Waals surface area contributed by atoms with E-state index in [1.165, 1.54) is 0 Å². The molecule has 86 valence electrons. The Hall–Kier alpha value is -1.10. The highest BCUT2D eigenvalue weighted by molar-refractivity contribution is 5.77. The Kier molecular flexibility index (Phi) is 4.55. The first-order chi connectivity index (χ1) is 7.09. The summed E-state index contributed by atoms with van der Waals surface area (Å²) in [6.45, 7) is 1.18. The van der Waals surface area contributed by atoms with Gasteiger partial charge in [-0.15, -0.1) is 0 Å². The predicted octanol–water partition coefficient (Wildman–Crippen LogP) is 0.225. The Bertz CT molecular complexity index is 234. The third-order valence-corrected chi connectivity index (χ3v) is 2.60. The number of rotatable bonds is 4. The fourth-order valence-electron chi connectivity index (χ4n) is 1.66. The second kappa shape index (κ2) is 5.70. The van der Waals surface area contributed by atoms with Crippen LogP contribution in [0.3, 0.4) is 0 Å². The van der Waals surface area contributed by atoms with Gasteiger partial charge in [0.2, 0.25) is 5.91 Å². The van der Waals surface area contributed by atoms with Gasteiger partial charge >= 0.3 is 5.97 Å². The van der Waals surface area contributed by atoms with Crippen molar-refractivity contribution in [2.75, 3.05) is 13.1 Å². The second-order valence-corrected chi connectivity index (χ2v) is 3.86. The fourth-order valence-corrected chi connectivity index (χ4v) is 1.66. The smallest absolute Gasteiger partial charge is 0.303 e. The largest absolute Gasteiger partial charge is 0.481 e. The molecule has 2 N–H and O–H groups in total. The normalized spacial score (nSPS) is 17.8. The van der Waals surface area contributed by atoms with E-state index >= 15 is 0 Å². The van der Waals surface area contributed by atoms with Crippen LogP contribution in [-0.4, -0.2) is 46.2 Å². The third-order valence-electron chi connectivity index (χ3n) is 2.60. The minimum absolute atomic E-state index is 0.00292. The molecule has 0 bridgehead atoms. The molecule has 0 spiro atoms. The molecule has 15 heavy (non-hydrogen) atoms. The Morgan fingerprint density at radius 1 is 1.20 bits per heavy atom. The van der Waals surface area contributed by atoms with Crippen LogP contribution in [0.15, 0.2) is 0 Å². The maximum absolute atomic E-state index is 11.5. The van der Waals surface area contributed by atoms with Crippen LogP contribution >= 0.6 is 0 Å². The molecule has 0 radical (unpaired) electrons. The number of piperidine rings is 1. The van der Waals surface area contributed by atoms with E-state index in [1.54, 1.807) is 4.90 Å². The van der Waals surface area contributed by atoms with Crippen molar-refractivity contribution in [1.29, 1.82) is 0 Å². The van der Waals surface area contributed by atoms with E-state index in [0.717, 1.165) is 0 Å². The van der Waals surface area contributed by atoms with E-state index in [0.29, 0.717) is 38.8 Å². The molecule has 1 heterocycles. The Morgan fingerprint density at radius 3 is 2.33 bits per heavy atom. The lowest BCUT2D eigenvalue weighted by Gasteiger charge is -2.29. The van der Waals surface area contributed by atoms with Crippen LogP contribution in [-0.2, 0) is 9.59 Å². The Labute approximate surface area is 88.7 Å². The molecule has 0 aromatic carbocycles. The zero-order chi connectivity index (χ0) is 11.3. The number of amides is 1. The van der Waals surface area contributed by atoms with E-state index in [-0.39, 0.29) is 18.4 Å². The van der Waals surface area contributed by atoms with Crippen molar-refractivity contribution < 1.29 is 19.8 Å². The lowest BCUT2D eigenvalue weighted by Crippen LogP contribution is -2.39. The predicted molar refractivity (Wildman–Crippen MR) is 53.3 cm³/mol. The molecule has 1 aliphatic heterocycles. The highest BCUT2D eigenvalue weighted by atomic mass is 16.4. The van der Waals surface area contributed by atoms with Crippen molar-refractivity contribution in [3.8, 4) is 0 Å². The van der Waals surface area contributed by atoms with E-state index in [2.05, 4.69) is 0 Å². The van der Waals surface area contributed by atoms with Crippen LogP contribution in [0.1, 0.15) is 32.1 Å². The highest BCUT2D eigenvalue weighted by Gasteiger charge is 2.20. The summed E-state index contributed by atoms with van der Waals surface area (Å²) in [5, 5.41) is 17.7. The molecule has 0 aromatic rings. The summed E-state index contributed by atoms with van der Waals surface area (Å²) in [5.41, 5.74) is 0. The van der Waals surface area contributed by atoms with Crippen molar-refractivity contribution in [3.05, 3.63) is 0 Å². The number of hydrogen-bond acceptors (Lipinski definition) is 3. The average molecular weight is 215 g/mol. The number of likely N-dealkylation sites (tertiary alicyclic amines) is 1. The summed E-state index contributed by atoms with van der Waals surface area (Å²) in [5.74, 6) is -0.861. The summed E-state index contributed by atoms with van der Waals surface area (Å²) >= 11 is 0. The highest BCUT2D eigenvalue weighted by Crippen LogP contribution is 2.12. The third kappa shape index (κ3) is 4.29. The molecule has 1 saturated heterocycles. The van der Waals surface area contributed by atoms with Crippen LogP contribution in [0.5, 0.6) is 0 Å². The van der Waals surface area contributed by atoms with Crippen LogP contribution in [0.2, 0.25) is 0 Å². The fraction of sp³-hybridized carbons (Fsp3) is 0.800. The number of aliphatic carboxylic acids is 1. The molecule has 1 rings (SSSR count). The topological polar surface area (TPSA) is 77.8 Å². The van der Waals surface area contributed by atoms with Crippen LogP contribution < -0.4 is 0 Å². The van der Waals surface area contributed by atoms with Crippen LogP contribution in [0.4, 0.5) is 0 Å².